The molecule has 14 rings (SSSR count). The van der Waals surface area contributed by atoms with Crippen molar-refractivity contribution in [3.63, 3.8) is 0 Å². The zero-order chi connectivity index (χ0) is 84.2. The Balaban J connectivity index is 0.000000191. The lowest BCUT2D eigenvalue weighted by Gasteiger charge is -2.35. The summed E-state index contributed by atoms with van der Waals surface area (Å²) in [5, 5.41) is 43.5. The van der Waals surface area contributed by atoms with E-state index in [4.69, 9.17) is 35.6 Å². The number of rotatable bonds is 28. The first-order valence-electron chi connectivity index (χ1n) is 40.4. The number of amides is 5. The van der Waals surface area contributed by atoms with Crippen molar-refractivity contribution in [1.82, 2.24) is 63.5 Å². The molecule has 0 radical (unpaired) electrons. The van der Waals surface area contributed by atoms with E-state index in [1.165, 1.54) is 18.2 Å². The van der Waals surface area contributed by atoms with Crippen molar-refractivity contribution >= 4 is 144 Å². The maximum Gasteiger partial charge on any atom is 0.255 e. The van der Waals surface area contributed by atoms with Gasteiger partial charge >= 0.3 is 0 Å². The monoisotopic (exact) mass is 1650 g/mol. The molecule has 6 aromatic heterocycles. The van der Waals surface area contributed by atoms with Crippen LogP contribution in [0.1, 0.15) is 159 Å². The van der Waals surface area contributed by atoms with Crippen LogP contribution in [0.4, 0.5) is 80.8 Å². The number of carbonyl (C=O) groups excluding carboxylic acids is 5. The van der Waals surface area contributed by atoms with Crippen molar-refractivity contribution in [2.45, 2.75) is 157 Å². The van der Waals surface area contributed by atoms with Crippen LogP contribution in [0.2, 0.25) is 0 Å². The lowest BCUT2D eigenvalue weighted by atomic mass is 10.0. The van der Waals surface area contributed by atoms with Crippen LogP contribution in [0.15, 0.2) is 178 Å². The Morgan fingerprint density at radius 2 is 0.843 bits per heavy atom. The first kappa shape index (κ1) is 90.3. The molecule has 32 heteroatoms. The summed E-state index contributed by atoms with van der Waals surface area (Å²) >= 11 is 0. The lowest BCUT2D eigenvalue weighted by Crippen LogP contribution is -2.43. The second kappa shape index (κ2) is 42.6. The topological polar surface area (TPSA) is 392 Å². The van der Waals surface area contributed by atoms with Crippen LogP contribution in [-0.4, -0.2) is 181 Å². The van der Waals surface area contributed by atoms with Crippen LogP contribution in [0.3, 0.4) is 0 Å². The van der Waals surface area contributed by atoms with Gasteiger partial charge in [-0.1, -0.05) is 52.3 Å². The SMILES string of the molecule is C.C.C=CC(=O)Nc1ccc(C(=O)Nc2cccc(Nc3nc(N4CCCCC4CCO)nc4c3ncn4C(C)C)c2)cc1.C=CC(=O)Nc1cccc(Nc2nc(N3CCCCC3CCO)nc3c2ncn3C(C)C)c1.CC(C)n1cnc2c(Nc3cccc(NC(=O)c4ccc(NC(=O)/C=C/CN(C)C)cc4)c3)nc(N3CCCC(N)C3)nc21. The molecule has 12 N–H and O–H groups in total. The number of imidazole rings is 3. The van der Waals surface area contributed by atoms with Crippen molar-refractivity contribution in [2.75, 3.05) is 117 Å². The van der Waals surface area contributed by atoms with Crippen LogP contribution in [0.5, 0.6) is 0 Å². The zero-order valence-electron chi connectivity index (χ0n) is 68.7. The van der Waals surface area contributed by atoms with E-state index in [0.29, 0.717) is 117 Å². The third-order valence-corrected chi connectivity index (χ3v) is 20.4. The highest BCUT2D eigenvalue weighted by molar-refractivity contribution is 6.07. The number of carbonyl (C=O) groups is 5. The quantitative estimate of drug-likeness (QED) is 0.0203. The number of hydrogen-bond donors (Lipinski definition) is 11. The van der Waals surface area contributed by atoms with E-state index in [1.54, 1.807) is 73.6 Å². The maximum absolute atomic E-state index is 13.0. The van der Waals surface area contributed by atoms with Gasteiger partial charge < -0.3 is 91.8 Å². The number of nitrogens with one attached hydrogen (secondary N) is 8. The zero-order valence-corrected chi connectivity index (χ0v) is 68.7. The average Bonchev–Trinajstić information content (AvgIpc) is 1.66. The van der Waals surface area contributed by atoms with Crippen molar-refractivity contribution in [1.29, 1.82) is 0 Å². The Hall–Kier alpha value is -13.0. The molecule has 3 atom stereocenters. The van der Waals surface area contributed by atoms with E-state index >= 15 is 0 Å². The molecular weight excluding hydrogens is 1530 g/mol. The second-order valence-corrected chi connectivity index (χ2v) is 30.6. The van der Waals surface area contributed by atoms with E-state index in [-0.39, 0.29) is 93.9 Å². The molecule has 3 fully saturated rings. The molecule has 3 saturated heterocycles. The van der Waals surface area contributed by atoms with Gasteiger partial charge in [-0.25, -0.2) is 15.0 Å². The first-order chi connectivity index (χ1) is 57.5. The standard InChI is InChI=1S/C32H40N10O2.C31H36N8O3.C24H31N7O2.2CH4/c1-21(2)42-20-34-28-29(38-32(39-30(28)42)41-17-6-8-23(33)19-41)36-25-9-5-10-26(18-25)37-31(44)22-12-14-24(15-13-22)35-27(43)11-7-16-40(3)4;1-4-26(41)33-22-13-11-21(12-14-22)30(42)35-24-9-7-8-23(18-24)34-28-27-29(39(19-32-27)20(2)3)37-31(36-28)38-16-6-5-10-25(38)15-17-40;1-4-20(33)26-17-8-7-9-18(14-17)27-22-21-23(31(15-25-21)16(2)3)29-24(28-22)30-12-6-5-10-19(30)11-13-32;;/h5,7,9-15,18,20-21,23H,6,8,16-17,19,33H2,1-4H3,(H,35,43)(H,37,44)(H,36,38,39);4,7-9,11-14,18-20,25,40H,1,5-6,10,15-17H2,2-3H3,(H,33,41)(H,35,42)(H,34,36,37);4,7-9,14-16,19,32H,1,5-6,10-13H2,2-3H3,(H,26,33)(H,27,28,29);2*1H4/b11-7+;;;;. The number of likely N-dealkylation sites (N-methyl/N-ethyl adjacent to an activating group) is 1. The summed E-state index contributed by atoms with van der Waals surface area (Å²) < 4.78 is 6.10. The molecule has 5 amide bonds. The summed E-state index contributed by atoms with van der Waals surface area (Å²) in [6.07, 6.45) is 20.8. The summed E-state index contributed by atoms with van der Waals surface area (Å²) in [6, 6.07) is 36.6. The number of nitrogens with zero attached hydrogens (tertiary/aromatic N) is 16. The summed E-state index contributed by atoms with van der Waals surface area (Å²) in [6.45, 7) is 23.6. The lowest BCUT2D eigenvalue weighted by molar-refractivity contribution is -0.112. The predicted octanol–water partition coefficient (Wildman–Crippen LogP) is 14.9. The van der Waals surface area contributed by atoms with Crippen molar-refractivity contribution in [3.05, 3.63) is 189 Å². The van der Waals surface area contributed by atoms with Crippen LogP contribution >= 0.6 is 0 Å². The van der Waals surface area contributed by atoms with Gasteiger partial charge in [0.25, 0.3) is 11.8 Å². The largest absolute Gasteiger partial charge is 0.396 e. The van der Waals surface area contributed by atoms with Gasteiger partial charge in [0.2, 0.25) is 35.6 Å². The number of aromatic nitrogens is 12. The second-order valence-electron chi connectivity index (χ2n) is 30.6. The van der Waals surface area contributed by atoms with E-state index in [2.05, 4.69) is 127 Å². The Bertz CT molecular complexity index is 5400. The molecule has 9 heterocycles. The molecular formula is C89H115N25O7. The van der Waals surface area contributed by atoms with Crippen LogP contribution in [0.25, 0.3) is 33.5 Å². The number of benzene rings is 5. The molecule has 0 spiro atoms. The molecule has 3 unspecified atom stereocenters. The molecule has 0 saturated carbocycles. The van der Waals surface area contributed by atoms with Gasteiger partial charge in [0.15, 0.2) is 50.9 Å². The van der Waals surface area contributed by atoms with Gasteiger partial charge in [0.1, 0.15) is 0 Å². The first-order valence-corrected chi connectivity index (χ1v) is 40.4. The van der Waals surface area contributed by atoms with Crippen molar-refractivity contribution in [3.8, 4) is 0 Å². The van der Waals surface area contributed by atoms with Crippen molar-refractivity contribution in [2.24, 2.45) is 5.73 Å². The van der Waals surface area contributed by atoms with Crippen molar-refractivity contribution < 1.29 is 34.2 Å². The molecule has 638 valence electrons. The Kier molecular flexibility index (Phi) is 31.8. The summed E-state index contributed by atoms with van der Waals surface area (Å²) in [5.74, 6) is 2.27. The average molecular weight is 1650 g/mol. The fourth-order valence-electron chi connectivity index (χ4n) is 14.3. The highest BCUT2D eigenvalue weighted by atomic mass is 16.3. The Morgan fingerprint density at radius 3 is 1.22 bits per heavy atom. The Labute approximate surface area is 706 Å². The summed E-state index contributed by atoms with van der Waals surface area (Å²) in [5.41, 5.74) is 16.7. The van der Waals surface area contributed by atoms with Gasteiger partial charge in [0.05, 0.1) is 19.0 Å². The number of hydrogen-bond acceptors (Lipinski definition) is 24. The third kappa shape index (κ3) is 23.5. The van der Waals surface area contributed by atoms with E-state index < -0.39 is 0 Å². The normalized spacial score (nSPS) is 15.2. The smallest absolute Gasteiger partial charge is 0.255 e. The van der Waals surface area contributed by atoms with Gasteiger partial charge in [-0.3, -0.25) is 24.0 Å². The van der Waals surface area contributed by atoms with Gasteiger partial charge in [-0.05, 0) is 235 Å². The third-order valence-electron chi connectivity index (χ3n) is 20.4. The fourth-order valence-corrected chi connectivity index (χ4v) is 14.3. The van der Waals surface area contributed by atoms with Crippen LogP contribution in [-0.2, 0) is 14.4 Å². The number of nitrogens with two attached hydrogens (primary N) is 1. The summed E-state index contributed by atoms with van der Waals surface area (Å²) in [7, 11) is 3.86. The minimum atomic E-state index is -0.318. The van der Waals surface area contributed by atoms with Gasteiger partial charge in [-0.2, -0.15) is 29.9 Å². The molecule has 0 aliphatic carbocycles. The van der Waals surface area contributed by atoms with E-state index in [0.717, 1.165) is 105 Å². The van der Waals surface area contributed by atoms with E-state index in [9.17, 15) is 34.2 Å². The molecule has 11 aromatic rings. The molecule has 32 nitrogen and oxygen atoms in total. The number of anilines is 14. The fraction of sp³-hybridized carbons (Fsp3) is 0.371. The molecule has 3 aliphatic heterocycles. The van der Waals surface area contributed by atoms with Crippen LogP contribution in [0, 0.1) is 0 Å². The number of aliphatic hydroxyl groups is 2. The number of piperidine rings is 3. The minimum absolute atomic E-state index is 0. The molecule has 0 bridgehead atoms. The maximum atomic E-state index is 13.0. The Morgan fingerprint density at radius 1 is 0.471 bits per heavy atom. The highest BCUT2D eigenvalue weighted by Gasteiger charge is 2.30. The van der Waals surface area contributed by atoms with Crippen LogP contribution < -0.4 is 63.0 Å². The molecule has 121 heavy (non-hydrogen) atoms. The predicted molar refractivity (Wildman–Crippen MR) is 485 cm³/mol. The van der Waals surface area contributed by atoms with Gasteiger partial charge in [0, 0.05) is 145 Å². The highest BCUT2D eigenvalue weighted by Crippen LogP contribution is 2.36. The van der Waals surface area contributed by atoms with E-state index in [1.807, 2.05) is 105 Å². The molecule has 5 aromatic carbocycles. The summed E-state index contributed by atoms with van der Waals surface area (Å²) in [4.78, 5) is 113. The number of fused-ring (bicyclic) bond motifs is 3. The minimum Gasteiger partial charge on any atom is -0.396 e. The van der Waals surface area contributed by atoms with Gasteiger partial charge in [-0.15, -0.1) is 0 Å². The molecule has 3 aliphatic rings. The number of aliphatic hydroxyl groups excluding tert-OH is 2.